The van der Waals surface area contributed by atoms with Gasteiger partial charge in [0.1, 0.15) is 0 Å². The molecular formula is C16H11F3N4O2. The molecule has 9 heteroatoms. The third-order valence-electron chi connectivity index (χ3n) is 3.07. The number of benzene rings is 2. The van der Waals surface area contributed by atoms with Gasteiger partial charge in [-0.05, 0) is 24.3 Å². The number of anilines is 1. The van der Waals surface area contributed by atoms with E-state index in [1.165, 1.54) is 29.2 Å². The molecule has 0 aliphatic heterocycles. The number of ether oxygens (including phenoxy) is 1. The van der Waals surface area contributed by atoms with Crippen LogP contribution in [0.4, 0.5) is 18.9 Å². The summed E-state index contributed by atoms with van der Waals surface area (Å²) in [7, 11) is 0. The van der Waals surface area contributed by atoms with Crippen molar-refractivity contribution in [2.45, 2.75) is 6.36 Å². The fourth-order valence-electron chi connectivity index (χ4n) is 2.02. The van der Waals surface area contributed by atoms with Crippen molar-refractivity contribution < 1.29 is 22.7 Å². The van der Waals surface area contributed by atoms with Crippen molar-refractivity contribution in [2.75, 3.05) is 5.32 Å². The average molecular weight is 348 g/mol. The molecular weight excluding hydrogens is 337 g/mol. The van der Waals surface area contributed by atoms with Crippen LogP contribution in [0.1, 0.15) is 10.5 Å². The fourth-order valence-corrected chi connectivity index (χ4v) is 2.02. The number of para-hydroxylation sites is 3. The van der Waals surface area contributed by atoms with Crippen LogP contribution in [0.3, 0.4) is 0 Å². The Hall–Kier alpha value is -3.36. The second-order valence-corrected chi connectivity index (χ2v) is 4.85. The molecule has 0 aliphatic rings. The molecule has 1 N–H and O–H groups in total. The van der Waals surface area contributed by atoms with Gasteiger partial charge in [-0.2, -0.15) is 9.90 Å². The van der Waals surface area contributed by atoms with E-state index in [2.05, 4.69) is 20.3 Å². The Morgan fingerprint density at radius 2 is 1.72 bits per heavy atom. The van der Waals surface area contributed by atoms with Crippen LogP contribution in [0.2, 0.25) is 0 Å². The zero-order chi connectivity index (χ0) is 17.9. The van der Waals surface area contributed by atoms with Gasteiger partial charge in [-0.25, -0.2) is 0 Å². The predicted molar refractivity (Wildman–Crippen MR) is 82.4 cm³/mol. The minimum atomic E-state index is -4.86. The van der Waals surface area contributed by atoms with E-state index in [4.69, 9.17) is 0 Å². The summed E-state index contributed by atoms with van der Waals surface area (Å²) in [4.78, 5) is 13.5. The molecule has 0 aliphatic carbocycles. The highest BCUT2D eigenvalue weighted by atomic mass is 19.4. The highest BCUT2D eigenvalue weighted by Gasteiger charge is 2.32. The van der Waals surface area contributed by atoms with Crippen LogP contribution in [0.5, 0.6) is 5.75 Å². The molecule has 25 heavy (non-hydrogen) atoms. The number of nitrogens with one attached hydrogen (secondary N) is 1. The average Bonchev–Trinajstić information content (AvgIpc) is 3.06. The van der Waals surface area contributed by atoms with Crippen molar-refractivity contribution in [2.24, 2.45) is 0 Å². The van der Waals surface area contributed by atoms with Crippen molar-refractivity contribution >= 4 is 11.6 Å². The van der Waals surface area contributed by atoms with Gasteiger partial charge in [-0.15, -0.1) is 18.3 Å². The highest BCUT2D eigenvalue weighted by Crippen LogP contribution is 2.30. The first-order valence-corrected chi connectivity index (χ1v) is 7.06. The van der Waals surface area contributed by atoms with Crippen molar-refractivity contribution in [3.05, 3.63) is 66.5 Å². The number of amides is 1. The number of halogens is 3. The van der Waals surface area contributed by atoms with E-state index in [1.807, 2.05) is 6.07 Å². The van der Waals surface area contributed by atoms with Crippen LogP contribution in [0, 0.1) is 0 Å². The molecule has 0 saturated carbocycles. The number of rotatable bonds is 4. The Morgan fingerprint density at radius 1 is 1.04 bits per heavy atom. The third-order valence-corrected chi connectivity index (χ3v) is 3.07. The molecule has 0 unspecified atom stereocenters. The van der Waals surface area contributed by atoms with Crippen LogP contribution in [-0.2, 0) is 0 Å². The van der Waals surface area contributed by atoms with Crippen LogP contribution >= 0.6 is 0 Å². The normalized spacial score (nSPS) is 11.2. The SMILES string of the molecule is O=C(Nc1ccccc1OC(F)(F)F)c1cnn(-c2ccccc2)n1. The van der Waals surface area contributed by atoms with Gasteiger partial charge in [0.25, 0.3) is 5.91 Å². The van der Waals surface area contributed by atoms with E-state index < -0.39 is 18.0 Å². The van der Waals surface area contributed by atoms with Gasteiger partial charge in [0.05, 0.1) is 17.6 Å². The van der Waals surface area contributed by atoms with Crippen LogP contribution in [0.15, 0.2) is 60.8 Å². The molecule has 0 atom stereocenters. The summed E-state index contributed by atoms with van der Waals surface area (Å²) in [5.41, 5.74) is 0.465. The molecule has 3 rings (SSSR count). The number of hydrogen-bond donors (Lipinski definition) is 1. The molecule has 3 aromatic rings. The molecule has 2 aromatic carbocycles. The van der Waals surface area contributed by atoms with E-state index in [-0.39, 0.29) is 11.4 Å². The summed E-state index contributed by atoms with van der Waals surface area (Å²) < 4.78 is 41.1. The van der Waals surface area contributed by atoms with Crippen molar-refractivity contribution in [1.82, 2.24) is 15.0 Å². The Balaban J connectivity index is 1.79. The number of carbonyl (C=O) groups excluding carboxylic acids is 1. The molecule has 1 aromatic heterocycles. The fraction of sp³-hybridized carbons (Fsp3) is 0.0625. The molecule has 0 bridgehead atoms. The van der Waals surface area contributed by atoms with Crippen molar-refractivity contribution in [3.8, 4) is 11.4 Å². The topological polar surface area (TPSA) is 69.0 Å². The second-order valence-electron chi connectivity index (χ2n) is 4.85. The van der Waals surface area contributed by atoms with Crippen LogP contribution in [0.25, 0.3) is 5.69 Å². The Kier molecular flexibility index (Phi) is 4.38. The first-order valence-electron chi connectivity index (χ1n) is 7.06. The summed E-state index contributed by atoms with van der Waals surface area (Å²) >= 11 is 0. The number of hydrogen-bond acceptors (Lipinski definition) is 4. The van der Waals surface area contributed by atoms with Crippen molar-refractivity contribution in [3.63, 3.8) is 0 Å². The molecule has 0 fully saturated rings. The molecule has 6 nitrogen and oxygen atoms in total. The van der Waals surface area contributed by atoms with Crippen LogP contribution < -0.4 is 10.1 Å². The Bertz CT molecular complexity index is 878. The lowest BCUT2D eigenvalue weighted by molar-refractivity contribution is -0.274. The molecule has 0 radical (unpaired) electrons. The highest BCUT2D eigenvalue weighted by molar-refractivity contribution is 6.03. The summed E-state index contributed by atoms with van der Waals surface area (Å²) in [5, 5.41) is 10.3. The van der Waals surface area contributed by atoms with E-state index >= 15 is 0 Å². The standard InChI is InChI=1S/C16H11F3N4O2/c17-16(18,19)25-14-9-5-4-8-12(14)21-15(24)13-10-20-23(22-13)11-6-2-1-3-7-11/h1-10H,(H,21,24). The lowest BCUT2D eigenvalue weighted by atomic mass is 10.3. The molecule has 1 amide bonds. The number of aromatic nitrogens is 3. The van der Waals surface area contributed by atoms with E-state index in [0.717, 1.165) is 6.07 Å². The Morgan fingerprint density at radius 3 is 2.44 bits per heavy atom. The van der Waals surface area contributed by atoms with E-state index in [9.17, 15) is 18.0 Å². The lowest BCUT2D eigenvalue weighted by Gasteiger charge is -2.13. The van der Waals surface area contributed by atoms with E-state index in [0.29, 0.717) is 5.69 Å². The molecule has 128 valence electrons. The monoisotopic (exact) mass is 348 g/mol. The smallest absolute Gasteiger partial charge is 0.404 e. The first kappa shape index (κ1) is 16.5. The first-order chi connectivity index (χ1) is 11.9. The summed E-state index contributed by atoms with van der Waals surface area (Å²) in [6.45, 7) is 0. The van der Waals surface area contributed by atoms with Gasteiger partial charge in [-0.3, -0.25) is 4.79 Å². The molecule has 0 spiro atoms. The zero-order valence-corrected chi connectivity index (χ0v) is 12.6. The predicted octanol–water partition coefficient (Wildman–Crippen LogP) is 3.42. The minimum Gasteiger partial charge on any atom is -0.404 e. The van der Waals surface area contributed by atoms with E-state index in [1.54, 1.807) is 24.3 Å². The van der Waals surface area contributed by atoms with Gasteiger partial charge in [0.2, 0.25) is 0 Å². The molecule has 1 heterocycles. The number of carbonyl (C=O) groups is 1. The van der Waals surface area contributed by atoms with Gasteiger partial charge in [0.15, 0.2) is 11.4 Å². The zero-order valence-electron chi connectivity index (χ0n) is 12.6. The maximum Gasteiger partial charge on any atom is 0.573 e. The largest absolute Gasteiger partial charge is 0.573 e. The maximum atomic E-state index is 12.4. The minimum absolute atomic E-state index is 0.0503. The summed E-state index contributed by atoms with van der Waals surface area (Å²) in [5.74, 6) is -1.22. The summed E-state index contributed by atoms with van der Waals surface area (Å²) in [6, 6.07) is 14.1. The second kappa shape index (κ2) is 6.63. The van der Waals surface area contributed by atoms with Gasteiger partial charge in [0, 0.05) is 0 Å². The lowest BCUT2D eigenvalue weighted by Crippen LogP contribution is -2.19. The van der Waals surface area contributed by atoms with Crippen LogP contribution in [-0.4, -0.2) is 27.3 Å². The Labute approximate surface area is 139 Å². The van der Waals surface area contributed by atoms with Gasteiger partial charge in [-0.1, -0.05) is 30.3 Å². The number of nitrogens with zero attached hydrogens (tertiary/aromatic N) is 3. The third kappa shape index (κ3) is 4.14. The van der Waals surface area contributed by atoms with Gasteiger partial charge >= 0.3 is 6.36 Å². The summed E-state index contributed by atoms with van der Waals surface area (Å²) in [6.07, 6.45) is -3.65. The quantitative estimate of drug-likeness (QED) is 0.784. The molecule has 0 saturated heterocycles. The van der Waals surface area contributed by atoms with Gasteiger partial charge < -0.3 is 10.1 Å². The van der Waals surface area contributed by atoms with Crippen molar-refractivity contribution in [1.29, 1.82) is 0 Å². The number of alkyl halides is 3. The maximum absolute atomic E-state index is 12.4.